The minimum atomic E-state index is -0.689. The van der Waals surface area contributed by atoms with Gasteiger partial charge < -0.3 is 19.7 Å². The Hall–Kier alpha value is -0.910. The Bertz CT molecular complexity index is 318. The fraction of sp³-hybridized carbons (Fsp3) is 0.700. The molecule has 0 saturated carbocycles. The molecule has 0 aliphatic carbocycles. The van der Waals surface area contributed by atoms with Gasteiger partial charge in [0.2, 0.25) is 0 Å². The zero-order valence-electron chi connectivity index (χ0n) is 8.94. The highest BCUT2D eigenvalue weighted by atomic mass is 16.5. The van der Waals surface area contributed by atoms with Crippen LogP contribution in [0.15, 0.2) is 12.4 Å². The minimum absolute atomic E-state index is 0.431. The van der Waals surface area contributed by atoms with Gasteiger partial charge in [-0.25, -0.2) is 4.98 Å². The summed E-state index contributed by atoms with van der Waals surface area (Å²) in [6.07, 6.45) is 4.38. The molecule has 0 spiro atoms. The predicted molar refractivity (Wildman–Crippen MR) is 55.3 cm³/mol. The van der Waals surface area contributed by atoms with Gasteiger partial charge in [-0.05, 0) is 0 Å². The molecule has 0 radical (unpaired) electrons. The van der Waals surface area contributed by atoms with E-state index >= 15 is 0 Å². The highest BCUT2D eigenvalue weighted by Gasteiger charge is 2.31. The summed E-state index contributed by atoms with van der Waals surface area (Å²) in [6.45, 7) is 2.31. The molecule has 15 heavy (non-hydrogen) atoms. The van der Waals surface area contributed by atoms with E-state index in [9.17, 15) is 5.11 Å². The van der Waals surface area contributed by atoms with E-state index in [1.54, 1.807) is 6.20 Å². The van der Waals surface area contributed by atoms with Crippen molar-refractivity contribution in [2.75, 3.05) is 19.8 Å². The molecule has 2 rings (SSSR count). The second-order valence-electron chi connectivity index (χ2n) is 4.08. The Balaban J connectivity index is 1.77. The fourth-order valence-corrected chi connectivity index (χ4v) is 1.71. The molecule has 1 aromatic heterocycles. The van der Waals surface area contributed by atoms with Crippen molar-refractivity contribution < 1.29 is 9.84 Å². The minimum Gasteiger partial charge on any atom is -0.386 e. The van der Waals surface area contributed by atoms with E-state index in [4.69, 9.17) is 4.74 Å². The lowest BCUT2D eigenvalue weighted by molar-refractivity contribution is 0.0267. The van der Waals surface area contributed by atoms with Crippen molar-refractivity contribution in [3.8, 4) is 0 Å². The van der Waals surface area contributed by atoms with Gasteiger partial charge in [0.15, 0.2) is 0 Å². The first-order valence-electron chi connectivity index (χ1n) is 5.17. The first-order chi connectivity index (χ1) is 7.20. The molecule has 5 nitrogen and oxygen atoms in total. The highest BCUT2D eigenvalue weighted by Crippen LogP contribution is 2.16. The third-order valence-corrected chi connectivity index (χ3v) is 2.74. The molecule has 0 bridgehead atoms. The van der Waals surface area contributed by atoms with Gasteiger partial charge in [-0.1, -0.05) is 0 Å². The van der Waals surface area contributed by atoms with Crippen LogP contribution in [0.5, 0.6) is 0 Å². The third-order valence-electron chi connectivity index (χ3n) is 2.74. The van der Waals surface area contributed by atoms with Crippen LogP contribution in [0.2, 0.25) is 0 Å². The topological polar surface area (TPSA) is 59.3 Å². The fourth-order valence-electron chi connectivity index (χ4n) is 1.71. The van der Waals surface area contributed by atoms with Gasteiger partial charge in [-0.3, -0.25) is 0 Å². The second-order valence-corrected chi connectivity index (χ2v) is 4.08. The molecule has 1 aromatic rings. The summed E-state index contributed by atoms with van der Waals surface area (Å²) in [5, 5.41) is 13.2. The smallest absolute Gasteiger partial charge is 0.122 e. The standard InChI is InChI=1S/C10H17N3O2/c1-13-4-3-12-9(13)6-11-7-10(14)2-5-15-8-10/h3-4,11,14H,2,5-8H2,1H3. The maximum Gasteiger partial charge on any atom is 0.122 e. The number of aryl methyl sites for hydroxylation is 1. The first-order valence-corrected chi connectivity index (χ1v) is 5.17. The lowest BCUT2D eigenvalue weighted by Gasteiger charge is -2.20. The number of hydrogen-bond acceptors (Lipinski definition) is 4. The van der Waals surface area contributed by atoms with E-state index in [2.05, 4.69) is 10.3 Å². The molecule has 1 fully saturated rings. The summed E-state index contributed by atoms with van der Waals surface area (Å²) in [4.78, 5) is 4.19. The summed E-state index contributed by atoms with van der Waals surface area (Å²) in [5.74, 6) is 0.970. The molecule has 1 saturated heterocycles. The van der Waals surface area contributed by atoms with E-state index in [1.165, 1.54) is 0 Å². The Morgan fingerprint density at radius 1 is 1.73 bits per heavy atom. The molecule has 1 unspecified atom stereocenters. The van der Waals surface area contributed by atoms with Gasteiger partial charge >= 0.3 is 0 Å². The lowest BCUT2D eigenvalue weighted by Crippen LogP contribution is -2.41. The zero-order chi connectivity index (χ0) is 10.7. The van der Waals surface area contributed by atoms with Crippen LogP contribution in [0.3, 0.4) is 0 Å². The average molecular weight is 211 g/mol. The van der Waals surface area contributed by atoms with Crippen LogP contribution in [0.25, 0.3) is 0 Å². The molecular weight excluding hydrogens is 194 g/mol. The van der Waals surface area contributed by atoms with Crippen molar-refractivity contribution in [3.63, 3.8) is 0 Å². The number of aromatic nitrogens is 2. The Kier molecular flexibility index (Phi) is 3.04. The zero-order valence-corrected chi connectivity index (χ0v) is 8.94. The van der Waals surface area contributed by atoms with Gasteiger partial charge in [0, 0.05) is 39.0 Å². The number of imidazole rings is 1. The average Bonchev–Trinajstić information content (AvgIpc) is 2.78. The van der Waals surface area contributed by atoms with Gasteiger partial charge in [-0.2, -0.15) is 0 Å². The lowest BCUT2D eigenvalue weighted by atomic mass is 10.0. The number of aliphatic hydroxyl groups is 1. The van der Waals surface area contributed by atoms with Gasteiger partial charge in [0.25, 0.3) is 0 Å². The molecule has 5 heteroatoms. The summed E-state index contributed by atoms with van der Waals surface area (Å²) < 4.78 is 7.12. The number of nitrogens with zero attached hydrogens (tertiary/aromatic N) is 2. The van der Waals surface area contributed by atoms with Crippen molar-refractivity contribution in [3.05, 3.63) is 18.2 Å². The molecule has 84 valence electrons. The van der Waals surface area contributed by atoms with Crippen LogP contribution >= 0.6 is 0 Å². The monoisotopic (exact) mass is 211 g/mol. The number of rotatable bonds is 4. The third kappa shape index (κ3) is 2.56. The molecular formula is C10H17N3O2. The molecule has 0 amide bonds. The van der Waals surface area contributed by atoms with Crippen LogP contribution in [0.4, 0.5) is 0 Å². The van der Waals surface area contributed by atoms with Gasteiger partial charge in [0.1, 0.15) is 11.4 Å². The number of hydrogen-bond donors (Lipinski definition) is 2. The maximum atomic E-state index is 9.97. The quantitative estimate of drug-likeness (QED) is 0.715. The van der Waals surface area contributed by atoms with E-state index in [0.717, 1.165) is 5.82 Å². The summed E-state index contributed by atoms with van der Waals surface area (Å²) >= 11 is 0. The van der Waals surface area contributed by atoms with Crippen molar-refractivity contribution in [1.29, 1.82) is 0 Å². The van der Waals surface area contributed by atoms with Crippen molar-refractivity contribution in [2.24, 2.45) is 7.05 Å². The van der Waals surface area contributed by atoms with Gasteiger partial charge in [-0.15, -0.1) is 0 Å². The van der Waals surface area contributed by atoms with E-state index in [1.807, 2.05) is 17.8 Å². The van der Waals surface area contributed by atoms with Crippen LogP contribution in [0, 0.1) is 0 Å². The second kappa shape index (κ2) is 4.30. The number of nitrogens with one attached hydrogen (secondary N) is 1. The van der Waals surface area contributed by atoms with Crippen LogP contribution in [0.1, 0.15) is 12.2 Å². The van der Waals surface area contributed by atoms with E-state index in [-0.39, 0.29) is 0 Å². The van der Waals surface area contributed by atoms with E-state index in [0.29, 0.717) is 32.7 Å². The van der Waals surface area contributed by atoms with Crippen molar-refractivity contribution in [1.82, 2.24) is 14.9 Å². The molecule has 1 atom stereocenters. The van der Waals surface area contributed by atoms with E-state index < -0.39 is 5.60 Å². The Morgan fingerprint density at radius 2 is 2.60 bits per heavy atom. The Morgan fingerprint density at radius 3 is 3.20 bits per heavy atom. The molecule has 2 N–H and O–H groups in total. The van der Waals surface area contributed by atoms with Crippen LogP contribution in [-0.4, -0.2) is 40.0 Å². The van der Waals surface area contributed by atoms with Gasteiger partial charge in [0.05, 0.1) is 13.2 Å². The van der Waals surface area contributed by atoms with Crippen molar-refractivity contribution >= 4 is 0 Å². The summed E-state index contributed by atoms with van der Waals surface area (Å²) in [6, 6.07) is 0. The molecule has 0 aromatic carbocycles. The normalized spacial score (nSPS) is 26.0. The van der Waals surface area contributed by atoms with Crippen molar-refractivity contribution in [2.45, 2.75) is 18.6 Å². The first kappa shape index (κ1) is 10.6. The summed E-state index contributed by atoms with van der Waals surface area (Å²) in [5.41, 5.74) is -0.689. The predicted octanol–water partition coefficient (Wildman–Crippen LogP) is -0.339. The number of ether oxygens (including phenoxy) is 1. The highest BCUT2D eigenvalue weighted by molar-refractivity contribution is 4.92. The molecule has 1 aliphatic heterocycles. The largest absolute Gasteiger partial charge is 0.386 e. The summed E-state index contributed by atoms with van der Waals surface area (Å²) in [7, 11) is 1.96. The maximum absolute atomic E-state index is 9.97. The molecule has 2 heterocycles. The van der Waals surface area contributed by atoms with Crippen LogP contribution < -0.4 is 5.32 Å². The SMILES string of the molecule is Cn1ccnc1CNCC1(O)CCOC1. The molecule has 1 aliphatic rings. The van der Waals surface area contributed by atoms with Crippen LogP contribution in [-0.2, 0) is 18.3 Å². The Labute approximate surface area is 89.1 Å².